The van der Waals surface area contributed by atoms with E-state index in [0.717, 1.165) is 16.5 Å². The number of nitrogens with one attached hydrogen (secondary N) is 1. The molecule has 6 nitrogen and oxygen atoms in total. The highest BCUT2D eigenvalue weighted by atomic mass is 35.5. The minimum atomic E-state index is -0.123. The molecule has 8 heteroatoms. The summed E-state index contributed by atoms with van der Waals surface area (Å²) < 4.78 is 9.39. The number of anilines is 1. The van der Waals surface area contributed by atoms with Crippen molar-refractivity contribution in [3.05, 3.63) is 40.9 Å². The third-order valence-electron chi connectivity index (χ3n) is 2.79. The highest BCUT2D eigenvalue weighted by molar-refractivity contribution is 7.09. The molecule has 0 saturated carbocycles. The zero-order chi connectivity index (χ0) is 14.8. The largest absolute Gasteiger partial charge is 0.350 e. The van der Waals surface area contributed by atoms with Crippen molar-refractivity contribution in [1.29, 1.82) is 0 Å². The van der Waals surface area contributed by atoms with Gasteiger partial charge in [-0.1, -0.05) is 16.8 Å². The highest BCUT2D eigenvalue weighted by Gasteiger charge is 2.16. The first kappa shape index (κ1) is 14.0. The first-order valence-corrected chi connectivity index (χ1v) is 7.43. The Bertz CT molecular complexity index is 739. The van der Waals surface area contributed by atoms with E-state index >= 15 is 0 Å². The molecule has 1 N–H and O–H groups in total. The van der Waals surface area contributed by atoms with Gasteiger partial charge in [-0.2, -0.15) is 9.36 Å². The van der Waals surface area contributed by atoms with E-state index in [0.29, 0.717) is 16.7 Å². The van der Waals surface area contributed by atoms with Crippen molar-refractivity contribution in [2.75, 3.05) is 5.32 Å². The molecule has 1 unspecified atom stereocenters. The van der Waals surface area contributed by atoms with E-state index < -0.39 is 0 Å². The maximum absolute atomic E-state index is 5.86. The molecule has 1 atom stereocenters. The summed E-state index contributed by atoms with van der Waals surface area (Å²) in [6.45, 7) is 3.78. The molecular weight excluding hydrogens is 310 g/mol. The van der Waals surface area contributed by atoms with Crippen LogP contribution in [0.15, 0.2) is 28.8 Å². The Hall–Kier alpha value is -1.99. The number of hydrogen-bond donors (Lipinski definition) is 1. The number of aryl methyl sites for hydroxylation is 1. The summed E-state index contributed by atoms with van der Waals surface area (Å²) in [5.74, 6) is 1.77. The maximum Gasteiger partial charge on any atom is 0.257 e. The van der Waals surface area contributed by atoms with Gasteiger partial charge in [0.25, 0.3) is 5.89 Å². The molecule has 0 aliphatic carbocycles. The quantitative estimate of drug-likeness (QED) is 0.789. The third-order valence-corrected chi connectivity index (χ3v) is 3.78. The second-order valence-corrected chi connectivity index (χ2v) is 5.67. The van der Waals surface area contributed by atoms with Crippen LogP contribution < -0.4 is 5.32 Å². The van der Waals surface area contributed by atoms with Crippen molar-refractivity contribution < 1.29 is 4.52 Å². The average molecular weight is 322 g/mol. The molecule has 108 valence electrons. The Kier molecular flexibility index (Phi) is 3.85. The lowest BCUT2D eigenvalue weighted by Crippen LogP contribution is -2.08. The molecule has 21 heavy (non-hydrogen) atoms. The SMILES string of the molecule is Cc1nsc(NC(C)c2noc(-c3ccc(Cl)cc3)n2)n1. The van der Waals surface area contributed by atoms with Gasteiger partial charge in [0.05, 0.1) is 6.04 Å². The lowest BCUT2D eigenvalue weighted by molar-refractivity contribution is 0.420. The molecule has 3 aromatic rings. The van der Waals surface area contributed by atoms with Gasteiger partial charge in [-0.05, 0) is 38.1 Å². The van der Waals surface area contributed by atoms with E-state index in [1.807, 2.05) is 26.0 Å². The van der Waals surface area contributed by atoms with Gasteiger partial charge in [-0.3, -0.25) is 0 Å². The van der Waals surface area contributed by atoms with Crippen LogP contribution in [-0.2, 0) is 0 Å². The molecular formula is C13H12ClN5OS. The number of halogens is 1. The smallest absolute Gasteiger partial charge is 0.257 e. The molecule has 1 aromatic carbocycles. The summed E-state index contributed by atoms with van der Waals surface area (Å²) in [7, 11) is 0. The zero-order valence-electron chi connectivity index (χ0n) is 11.4. The van der Waals surface area contributed by atoms with Crippen LogP contribution in [0.2, 0.25) is 5.02 Å². The van der Waals surface area contributed by atoms with E-state index in [9.17, 15) is 0 Å². The van der Waals surface area contributed by atoms with Crippen molar-refractivity contribution in [3.8, 4) is 11.5 Å². The molecule has 0 aliphatic heterocycles. The third kappa shape index (κ3) is 3.20. The Morgan fingerprint density at radius 2 is 2.00 bits per heavy atom. The maximum atomic E-state index is 5.86. The second-order valence-electron chi connectivity index (χ2n) is 4.48. The first-order valence-electron chi connectivity index (χ1n) is 6.28. The lowest BCUT2D eigenvalue weighted by atomic mass is 10.2. The normalized spacial score (nSPS) is 12.3. The Labute approximate surface area is 130 Å². The van der Waals surface area contributed by atoms with Crippen molar-refractivity contribution in [2.24, 2.45) is 0 Å². The number of aromatic nitrogens is 4. The molecule has 2 aromatic heterocycles. The Morgan fingerprint density at radius 1 is 1.24 bits per heavy atom. The van der Waals surface area contributed by atoms with Gasteiger partial charge in [-0.15, -0.1) is 0 Å². The van der Waals surface area contributed by atoms with Crippen LogP contribution in [0, 0.1) is 6.92 Å². The van der Waals surface area contributed by atoms with E-state index in [1.165, 1.54) is 11.5 Å². The van der Waals surface area contributed by atoms with Crippen molar-refractivity contribution >= 4 is 28.3 Å². The molecule has 0 bridgehead atoms. The predicted octanol–water partition coefficient (Wildman–Crippen LogP) is 3.72. The van der Waals surface area contributed by atoms with Crippen LogP contribution >= 0.6 is 23.1 Å². The number of hydrogen-bond acceptors (Lipinski definition) is 7. The van der Waals surface area contributed by atoms with Crippen LogP contribution in [0.25, 0.3) is 11.5 Å². The van der Waals surface area contributed by atoms with Crippen LogP contribution in [0.1, 0.15) is 24.6 Å². The first-order chi connectivity index (χ1) is 10.1. The molecule has 0 saturated heterocycles. The summed E-state index contributed by atoms with van der Waals surface area (Å²) in [5, 5.41) is 8.59. The topological polar surface area (TPSA) is 76.7 Å². The minimum Gasteiger partial charge on any atom is -0.350 e. The average Bonchev–Trinajstić information content (AvgIpc) is 3.09. The lowest BCUT2D eigenvalue weighted by Gasteiger charge is -2.06. The van der Waals surface area contributed by atoms with Crippen LogP contribution in [0.3, 0.4) is 0 Å². The number of rotatable bonds is 4. The molecule has 2 heterocycles. The van der Waals surface area contributed by atoms with Crippen LogP contribution in [-0.4, -0.2) is 19.5 Å². The summed E-state index contributed by atoms with van der Waals surface area (Å²) in [4.78, 5) is 8.63. The van der Waals surface area contributed by atoms with Crippen LogP contribution in [0.4, 0.5) is 5.13 Å². The van der Waals surface area contributed by atoms with Gasteiger partial charge in [-0.25, -0.2) is 4.98 Å². The molecule has 0 fully saturated rings. The standard InChI is InChI=1S/C13H12ClN5OS/c1-7(15-13-16-8(2)19-21-13)11-17-12(20-18-11)9-3-5-10(14)6-4-9/h3-7H,1-2H3,(H,15,16,19). The van der Waals surface area contributed by atoms with Crippen molar-refractivity contribution in [3.63, 3.8) is 0 Å². The fraction of sp³-hybridized carbons (Fsp3) is 0.231. The van der Waals surface area contributed by atoms with Gasteiger partial charge in [0.15, 0.2) is 5.82 Å². The Morgan fingerprint density at radius 3 is 2.67 bits per heavy atom. The van der Waals surface area contributed by atoms with Crippen molar-refractivity contribution in [2.45, 2.75) is 19.9 Å². The fourth-order valence-electron chi connectivity index (χ4n) is 1.73. The highest BCUT2D eigenvalue weighted by Crippen LogP contribution is 2.23. The second kappa shape index (κ2) is 5.79. The van der Waals surface area contributed by atoms with Gasteiger partial charge in [0.1, 0.15) is 5.82 Å². The minimum absolute atomic E-state index is 0.123. The van der Waals surface area contributed by atoms with Gasteiger partial charge < -0.3 is 9.84 Å². The van der Waals surface area contributed by atoms with Gasteiger partial charge >= 0.3 is 0 Å². The molecule has 0 aliphatic rings. The summed E-state index contributed by atoms with van der Waals surface area (Å²) in [6.07, 6.45) is 0. The van der Waals surface area contributed by atoms with E-state index in [4.69, 9.17) is 16.1 Å². The predicted molar refractivity (Wildman–Crippen MR) is 81.4 cm³/mol. The Balaban J connectivity index is 1.76. The summed E-state index contributed by atoms with van der Waals surface area (Å²) >= 11 is 7.16. The molecule has 0 amide bonds. The molecule has 3 rings (SSSR count). The number of benzene rings is 1. The fourth-order valence-corrected chi connectivity index (χ4v) is 2.51. The molecule has 0 radical (unpaired) electrons. The van der Waals surface area contributed by atoms with Gasteiger partial charge in [0.2, 0.25) is 5.13 Å². The van der Waals surface area contributed by atoms with E-state index in [2.05, 4.69) is 24.8 Å². The van der Waals surface area contributed by atoms with E-state index in [1.54, 1.807) is 12.1 Å². The van der Waals surface area contributed by atoms with Crippen molar-refractivity contribution in [1.82, 2.24) is 19.5 Å². The van der Waals surface area contributed by atoms with E-state index in [-0.39, 0.29) is 6.04 Å². The molecule has 0 spiro atoms. The van der Waals surface area contributed by atoms with Crippen LogP contribution in [0.5, 0.6) is 0 Å². The zero-order valence-corrected chi connectivity index (χ0v) is 12.9. The number of nitrogens with zero attached hydrogens (tertiary/aromatic N) is 4. The summed E-state index contributed by atoms with van der Waals surface area (Å²) in [6, 6.07) is 7.12. The monoisotopic (exact) mass is 321 g/mol. The summed E-state index contributed by atoms with van der Waals surface area (Å²) in [5.41, 5.74) is 0.831. The van der Waals surface area contributed by atoms with Gasteiger partial charge in [0, 0.05) is 22.1 Å².